The largest absolute Gasteiger partial charge is 0.507 e. The molecule has 6 N–H and O–H groups in total. The number of phenols is 2. The van der Waals surface area contributed by atoms with Crippen molar-refractivity contribution >= 4 is 5.78 Å². The van der Waals surface area contributed by atoms with E-state index in [0.29, 0.717) is 16.7 Å². The molecule has 2 aliphatic rings. The molecule has 0 bridgehead atoms. The van der Waals surface area contributed by atoms with Crippen LogP contribution in [0.1, 0.15) is 38.5 Å². The highest BCUT2D eigenvalue weighted by Crippen LogP contribution is 2.49. The number of rotatable bonds is 3. The minimum atomic E-state index is -1.61. The molecule has 2 aromatic rings. The van der Waals surface area contributed by atoms with E-state index < -0.39 is 48.8 Å². The van der Waals surface area contributed by atoms with Crippen LogP contribution in [0.4, 0.5) is 0 Å². The third-order valence-corrected chi connectivity index (χ3v) is 6.05. The Morgan fingerprint density at radius 3 is 2.32 bits per heavy atom. The number of carbonyl (C=O) groups excluding carboxylic acids is 1. The summed E-state index contributed by atoms with van der Waals surface area (Å²) in [5, 5.41) is 61.7. The summed E-state index contributed by atoms with van der Waals surface area (Å²) < 4.78 is 11.0. The zero-order chi connectivity index (χ0) is 22.6. The number of aliphatic hydroxyl groups is 4. The highest BCUT2D eigenvalue weighted by Gasteiger charge is 2.50. The van der Waals surface area contributed by atoms with Gasteiger partial charge in [-0.3, -0.25) is 4.79 Å². The molecule has 6 atom stereocenters. The maximum absolute atomic E-state index is 13.3. The average Bonchev–Trinajstić information content (AvgIpc) is 2.73. The lowest BCUT2D eigenvalue weighted by Crippen LogP contribution is -2.60. The van der Waals surface area contributed by atoms with E-state index in [1.54, 1.807) is 13.0 Å². The Hall–Kier alpha value is -2.69. The second kappa shape index (κ2) is 7.77. The van der Waals surface area contributed by atoms with Gasteiger partial charge in [0.2, 0.25) is 5.78 Å². The molecule has 4 rings (SSSR count). The van der Waals surface area contributed by atoms with Gasteiger partial charge in [-0.1, -0.05) is 12.1 Å². The van der Waals surface area contributed by atoms with Crippen molar-refractivity contribution in [2.45, 2.75) is 43.4 Å². The van der Waals surface area contributed by atoms with Crippen LogP contribution in [0.15, 0.2) is 24.3 Å². The molecule has 0 aromatic heterocycles. The second-order valence-electron chi connectivity index (χ2n) is 7.93. The number of aryl methyl sites for hydroxylation is 1. The third-order valence-electron chi connectivity index (χ3n) is 6.05. The van der Waals surface area contributed by atoms with E-state index in [4.69, 9.17) is 9.47 Å². The SMILES string of the molecule is COc1c(O)ccc2c1C(=O)c1c(O)cc(C)cc1[C@H]2[C@@H]1O[C@H](CO)[C@@H](O)[C@H](O)[C@H]1O. The molecule has 1 aliphatic carbocycles. The molecular weight excluding hydrogens is 408 g/mol. The minimum absolute atomic E-state index is 0.00360. The zero-order valence-electron chi connectivity index (χ0n) is 16.9. The molecule has 0 radical (unpaired) electrons. The monoisotopic (exact) mass is 432 g/mol. The van der Waals surface area contributed by atoms with Gasteiger partial charge < -0.3 is 40.1 Å². The van der Waals surface area contributed by atoms with Gasteiger partial charge in [-0.25, -0.2) is 0 Å². The lowest BCUT2D eigenvalue weighted by atomic mass is 9.71. The van der Waals surface area contributed by atoms with Gasteiger partial charge in [-0.15, -0.1) is 0 Å². The highest BCUT2D eigenvalue weighted by atomic mass is 16.5. The van der Waals surface area contributed by atoms with Gasteiger partial charge in [0.05, 0.1) is 30.9 Å². The summed E-state index contributed by atoms with van der Waals surface area (Å²) in [7, 11) is 1.29. The summed E-state index contributed by atoms with van der Waals surface area (Å²) in [5.41, 5.74) is 1.31. The number of ether oxygens (including phenoxy) is 2. The van der Waals surface area contributed by atoms with E-state index in [-0.39, 0.29) is 28.4 Å². The van der Waals surface area contributed by atoms with Crippen molar-refractivity contribution in [1.29, 1.82) is 0 Å². The van der Waals surface area contributed by atoms with E-state index in [2.05, 4.69) is 0 Å². The number of fused-ring (bicyclic) bond motifs is 2. The number of benzene rings is 2. The van der Waals surface area contributed by atoms with Gasteiger partial charge in [0.15, 0.2) is 11.5 Å². The summed E-state index contributed by atoms with van der Waals surface area (Å²) >= 11 is 0. The third kappa shape index (κ3) is 3.17. The van der Waals surface area contributed by atoms with Crippen LogP contribution in [0.25, 0.3) is 0 Å². The van der Waals surface area contributed by atoms with Crippen molar-refractivity contribution in [3.05, 3.63) is 52.1 Å². The first-order valence-electron chi connectivity index (χ1n) is 9.79. The molecular formula is C22H24O9. The molecule has 31 heavy (non-hydrogen) atoms. The molecule has 1 fully saturated rings. The maximum Gasteiger partial charge on any atom is 0.201 e. The molecule has 1 heterocycles. The first kappa shape index (κ1) is 21.5. The average molecular weight is 432 g/mol. The number of hydrogen-bond donors (Lipinski definition) is 6. The van der Waals surface area contributed by atoms with Crippen molar-refractivity contribution < 1.29 is 44.9 Å². The molecule has 9 heteroatoms. The predicted molar refractivity (Wildman–Crippen MR) is 107 cm³/mol. The van der Waals surface area contributed by atoms with E-state index in [0.717, 1.165) is 0 Å². The van der Waals surface area contributed by atoms with Gasteiger partial charge in [0, 0.05) is 5.92 Å². The number of ketones is 1. The highest BCUT2D eigenvalue weighted by molar-refractivity contribution is 6.16. The molecule has 9 nitrogen and oxygen atoms in total. The number of hydrogen-bond acceptors (Lipinski definition) is 9. The van der Waals surface area contributed by atoms with Crippen LogP contribution in [0.2, 0.25) is 0 Å². The van der Waals surface area contributed by atoms with Gasteiger partial charge in [0.25, 0.3) is 0 Å². The molecule has 1 saturated heterocycles. The number of phenolic OH excluding ortho intramolecular Hbond substituents is 2. The van der Waals surface area contributed by atoms with Crippen molar-refractivity contribution in [1.82, 2.24) is 0 Å². The number of aliphatic hydroxyl groups excluding tert-OH is 4. The summed E-state index contributed by atoms with van der Waals surface area (Å²) in [6.07, 6.45) is -7.06. The number of carbonyl (C=O) groups is 1. The van der Waals surface area contributed by atoms with Crippen LogP contribution < -0.4 is 4.74 Å². The summed E-state index contributed by atoms with van der Waals surface area (Å²) in [6, 6.07) is 5.91. The minimum Gasteiger partial charge on any atom is -0.507 e. The summed E-state index contributed by atoms with van der Waals surface area (Å²) in [5.74, 6) is -2.11. The molecule has 0 unspecified atom stereocenters. The fraction of sp³-hybridized carbons (Fsp3) is 0.409. The molecule has 0 amide bonds. The van der Waals surface area contributed by atoms with Gasteiger partial charge in [-0.05, 0) is 35.7 Å². The lowest BCUT2D eigenvalue weighted by molar-refractivity contribution is -0.232. The molecule has 1 aliphatic heterocycles. The first-order chi connectivity index (χ1) is 14.7. The molecule has 0 saturated carbocycles. The van der Waals surface area contributed by atoms with Gasteiger partial charge in [-0.2, -0.15) is 0 Å². The van der Waals surface area contributed by atoms with Crippen LogP contribution in [0.5, 0.6) is 17.2 Å². The molecule has 166 valence electrons. The number of aromatic hydroxyl groups is 2. The standard InChI is InChI=1S/C22H24O9/c1-8-5-10-14(22-20(29)19(28)17(26)13(7-23)31-22)9-3-4-11(24)21(30-2)16(9)18(27)15(10)12(25)6-8/h3-6,13-14,17,19-20,22-26,28-29H,7H2,1-2H3/t13-,14+,17-,19+,20-,22+/m1/s1. The second-order valence-corrected chi connectivity index (χ2v) is 7.93. The molecule has 0 spiro atoms. The normalized spacial score (nSPS) is 29.9. The Kier molecular flexibility index (Phi) is 5.40. The van der Waals surface area contributed by atoms with Gasteiger partial charge in [0.1, 0.15) is 30.2 Å². The zero-order valence-corrected chi connectivity index (χ0v) is 16.9. The van der Waals surface area contributed by atoms with Crippen LogP contribution in [0, 0.1) is 6.92 Å². The first-order valence-corrected chi connectivity index (χ1v) is 9.79. The van der Waals surface area contributed by atoms with E-state index in [1.807, 2.05) is 0 Å². The quantitative estimate of drug-likeness (QED) is 0.391. The van der Waals surface area contributed by atoms with Crippen molar-refractivity contribution in [3.63, 3.8) is 0 Å². The van der Waals surface area contributed by atoms with Crippen LogP contribution in [-0.4, -0.2) is 80.7 Å². The Morgan fingerprint density at radius 1 is 0.968 bits per heavy atom. The van der Waals surface area contributed by atoms with Crippen LogP contribution in [-0.2, 0) is 4.74 Å². The lowest BCUT2D eigenvalue weighted by Gasteiger charge is -2.45. The van der Waals surface area contributed by atoms with E-state index >= 15 is 0 Å². The fourth-order valence-corrected chi connectivity index (χ4v) is 4.63. The predicted octanol–water partition coefficient (Wildman–Crippen LogP) is -0.0665. The number of methoxy groups -OCH3 is 1. The van der Waals surface area contributed by atoms with E-state index in [1.165, 1.54) is 25.3 Å². The van der Waals surface area contributed by atoms with Gasteiger partial charge >= 0.3 is 0 Å². The Bertz CT molecular complexity index is 1030. The Balaban J connectivity index is 1.99. The topological polar surface area (TPSA) is 157 Å². The fourth-order valence-electron chi connectivity index (χ4n) is 4.63. The van der Waals surface area contributed by atoms with Crippen molar-refractivity contribution in [2.75, 3.05) is 13.7 Å². The molecule has 2 aromatic carbocycles. The Labute approximate surface area is 177 Å². The van der Waals surface area contributed by atoms with Crippen LogP contribution in [0.3, 0.4) is 0 Å². The smallest absolute Gasteiger partial charge is 0.201 e. The van der Waals surface area contributed by atoms with E-state index in [9.17, 15) is 35.4 Å². The summed E-state index contributed by atoms with van der Waals surface area (Å²) in [4.78, 5) is 13.3. The van der Waals surface area contributed by atoms with Crippen molar-refractivity contribution in [2.24, 2.45) is 0 Å². The Morgan fingerprint density at radius 2 is 1.68 bits per heavy atom. The summed E-state index contributed by atoms with van der Waals surface area (Å²) in [6.45, 7) is 1.12. The van der Waals surface area contributed by atoms with Crippen molar-refractivity contribution in [3.8, 4) is 17.2 Å². The maximum atomic E-state index is 13.3. The van der Waals surface area contributed by atoms with Crippen LogP contribution >= 0.6 is 0 Å².